The molecule has 1 saturated heterocycles. The molecule has 1 aliphatic rings. The molecule has 0 N–H and O–H groups in total. The van der Waals surface area contributed by atoms with E-state index in [0.29, 0.717) is 36.8 Å². The zero-order chi connectivity index (χ0) is 22.4. The number of hydrogen-bond donors (Lipinski definition) is 0. The number of nitrogens with zero attached hydrogens (tertiary/aromatic N) is 2. The lowest BCUT2D eigenvalue weighted by Crippen LogP contribution is -2.42. The van der Waals surface area contributed by atoms with Gasteiger partial charge < -0.3 is 24.0 Å². The van der Waals surface area contributed by atoms with Crippen LogP contribution in [-0.2, 0) is 16.1 Å². The first-order valence-electron chi connectivity index (χ1n) is 10.4. The van der Waals surface area contributed by atoms with E-state index in [1.165, 1.54) is 0 Å². The van der Waals surface area contributed by atoms with Gasteiger partial charge in [-0.1, -0.05) is 18.2 Å². The normalized spacial score (nSPS) is 16.9. The van der Waals surface area contributed by atoms with Crippen molar-refractivity contribution in [1.29, 1.82) is 0 Å². The minimum atomic E-state index is -0.321. The molecule has 1 unspecified atom stereocenters. The van der Waals surface area contributed by atoms with Gasteiger partial charge in [0, 0.05) is 30.8 Å². The number of carbonyl (C=O) groups is 2. The van der Waals surface area contributed by atoms with Crippen molar-refractivity contribution in [3.8, 4) is 11.5 Å². The first kappa shape index (κ1) is 22.6. The predicted molar refractivity (Wildman–Crippen MR) is 117 cm³/mol. The second-order valence-electron chi connectivity index (χ2n) is 7.85. The summed E-state index contributed by atoms with van der Waals surface area (Å²) in [6.45, 7) is 5.05. The fourth-order valence-electron chi connectivity index (χ4n) is 3.63. The van der Waals surface area contributed by atoms with Gasteiger partial charge in [0.2, 0.25) is 5.91 Å². The number of ether oxygens (including phenoxy) is 3. The highest BCUT2D eigenvalue weighted by molar-refractivity contribution is 5.96. The number of hydrogen-bond acceptors (Lipinski definition) is 5. The molecule has 0 bridgehead atoms. The molecule has 2 aromatic carbocycles. The summed E-state index contributed by atoms with van der Waals surface area (Å²) in [5, 5.41) is 0. The molecular weight excluding hydrogens is 396 g/mol. The maximum absolute atomic E-state index is 13.0. The van der Waals surface area contributed by atoms with Crippen molar-refractivity contribution >= 4 is 11.8 Å². The van der Waals surface area contributed by atoms with E-state index in [0.717, 1.165) is 5.56 Å². The number of benzene rings is 2. The second-order valence-corrected chi connectivity index (χ2v) is 7.85. The van der Waals surface area contributed by atoms with Gasteiger partial charge in [-0.3, -0.25) is 9.59 Å². The van der Waals surface area contributed by atoms with Crippen molar-refractivity contribution in [1.82, 2.24) is 9.80 Å². The Morgan fingerprint density at radius 1 is 1.03 bits per heavy atom. The molecule has 0 spiro atoms. The van der Waals surface area contributed by atoms with E-state index in [1.54, 1.807) is 42.2 Å². The van der Waals surface area contributed by atoms with Crippen molar-refractivity contribution in [2.24, 2.45) is 0 Å². The highest BCUT2D eigenvalue weighted by Crippen LogP contribution is 2.24. The highest BCUT2D eigenvalue weighted by Gasteiger charge is 2.32. The fraction of sp³-hybridized carbons (Fsp3) is 0.417. The average Bonchev–Trinajstić information content (AvgIpc) is 2.96. The lowest BCUT2D eigenvalue weighted by atomic mass is 10.2. The summed E-state index contributed by atoms with van der Waals surface area (Å²) >= 11 is 0. The van der Waals surface area contributed by atoms with E-state index in [9.17, 15) is 9.59 Å². The molecule has 31 heavy (non-hydrogen) atoms. The molecule has 1 atom stereocenters. The van der Waals surface area contributed by atoms with Crippen LogP contribution in [0.3, 0.4) is 0 Å². The Kier molecular flexibility index (Phi) is 7.52. The zero-order valence-electron chi connectivity index (χ0n) is 18.5. The molecule has 1 heterocycles. The van der Waals surface area contributed by atoms with Gasteiger partial charge in [0.05, 0.1) is 26.9 Å². The highest BCUT2D eigenvalue weighted by atomic mass is 16.5. The summed E-state index contributed by atoms with van der Waals surface area (Å²) in [4.78, 5) is 29.2. The molecule has 0 saturated carbocycles. The van der Waals surface area contributed by atoms with Crippen LogP contribution in [0.25, 0.3) is 0 Å². The van der Waals surface area contributed by atoms with Crippen LogP contribution < -0.4 is 9.47 Å². The molecule has 0 radical (unpaired) electrons. The third kappa shape index (κ3) is 5.76. The largest absolute Gasteiger partial charge is 0.497 e. The molecule has 166 valence electrons. The number of rotatable bonds is 7. The molecule has 7 heteroatoms. The predicted octanol–water partition coefficient (Wildman–Crippen LogP) is 2.98. The monoisotopic (exact) mass is 426 g/mol. The van der Waals surface area contributed by atoms with Crippen LogP contribution in [-0.4, -0.2) is 67.6 Å². The van der Waals surface area contributed by atoms with Crippen LogP contribution in [0.4, 0.5) is 0 Å². The Morgan fingerprint density at radius 2 is 1.68 bits per heavy atom. The van der Waals surface area contributed by atoms with Gasteiger partial charge in [-0.15, -0.1) is 0 Å². The average molecular weight is 427 g/mol. The molecular formula is C24H30N2O5. The summed E-state index contributed by atoms with van der Waals surface area (Å²) in [7, 11) is 3.20. The van der Waals surface area contributed by atoms with E-state index in [1.807, 2.05) is 44.2 Å². The minimum absolute atomic E-state index is 0.0160. The molecule has 7 nitrogen and oxygen atoms in total. The van der Waals surface area contributed by atoms with Crippen molar-refractivity contribution in [3.63, 3.8) is 0 Å². The van der Waals surface area contributed by atoms with Crippen LogP contribution in [0.2, 0.25) is 0 Å². The lowest BCUT2D eigenvalue weighted by molar-refractivity contribution is -0.133. The van der Waals surface area contributed by atoms with Crippen LogP contribution in [0.15, 0.2) is 48.5 Å². The standard InChI is InChI=1S/C24H30N2O5/c1-17(2)26-14-22(31-16-18-10-20(29-3)12-21(11-18)30-4)13-25(15-23(26)27)24(28)19-8-6-5-7-9-19/h5-12,17,22H,13-16H2,1-4H3. The zero-order valence-corrected chi connectivity index (χ0v) is 18.5. The van der Waals surface area contributed by atoms with Crippen molar-refractivity contribution in [3.05, 3.63) is 59.7 Å². The van der Waals surface area contributed by atoms with Crippen LogP contribution >= 0.6 is 0 Å². The number of carbonyl (C=O) groups excluding carboxylic acids is 2. The third-order valence-electron chi connectivity index (χ3n) is 5.30. The molecule has 3 rings (SSSR count). The number of methoxy groups -OCH3 is 2. The quantitative estimate of drug-likeness (QED) is 0.681. The van der Waals surface area contributed by atoms with Gasteiger partial charge in [0.25, 0.3) is 5.91 Å². The summed E-state index contributed by atoms with van der Waals surface area (Å²) in [6, 6.07) is 14.6. The number of amides is 2. The first-order valence-corrected chi connectivity index (χ1v) is 10.4. The molecule has 0 aliphatic carbocycles. The van der Waals surface area contributed by atoms with Gasteiger partial charge >= 0.3 is 0 Å². The molecule has 2 aromatic rings. The molecule has 2 amide bonds. The Balaban J connectivity index is 1.78. The summed E-state index contributed by atoms with van der Waals surface area (Å²) in [5.41, 5.74) is 1.45. The second kappa shape index (κ2) is 10.3. The Morgan fingerprint density at radius 3 is 2.26 bits per heavy atom. The molecule has 0 aromatic heterocycles. The minimum Gasteiger partial charge on any atom is -0.497 e. The fourth-order valence-corrected chi connectivity index (χ4v) is 3.63. The van der Waals surface area contributed by atoms with Gasteiger partial charge in [-0.25, -0.2) is 0 Å². The smallest absolute Gasteiger partial charge is 0.254 e. The third-order valence-corrected chi connectivity index (χ3v) is 5.30. The lowest BCUT2D eigenvalue weighted by Gasteiger charge is -2.27. The van der Waals surface area contributed by atoms with Crippen molar-refractivity contribution in [2.75, 3.05) is 33.9 Å². The Bertz CT molecular complexity index is 878. The maximum atomic E-state index is 13.0. The van der Waals surface area contributed by atoms with Gasteiger partial charge in [0.15, 0.2) is 0 Å². The Hall–Kier alpha value is -3.06. The van der Waals surface area contributed by atoms with Gasteiger partial charge in [-0.05, 0) is 43.7 Å². The van der Waals surface area contributed by atoms with E-state index < -0.39 is 0 Å². The first-order chi connectivity index (χ1) is 14.9. The maximum Gasteiger partial charge on any atom is 0.254 e. The molecule has 1 fully saturated rings. The van der Waals surface area contributed by atoms with Crippen LogP contribution in [0, 0.1) is 0 Å². The van der Waals surface area contributed by atoms with Gasteiger partial charge in [-0.2, -0.15) is 0 Å². The summed E-state index contributed by atoms with van der Waals surface area (Å²) in [6.07, 6.45) is -0.321. The SMILES string of the molecule is COc1cc(COC2CN(C(=O)c3ccccc3)CC(=O)N(C(C)C)C2)cc(OC)c1. The summed E-state index contributed by atoms with van der Waals surface area (Å²) < 4.78 is 16.8. The van der Waals surface area contributed by atoms with Crippen molar-refractivity contribution < 1.29 is 23.8 Å². The summed E-state index contributed by atoms with van der Waals surface area (Å²) in [5.74, 6) is 1.11. The topological polar surface area (TPSA) is 68.3 Å². The van der Waals surface area contributed by atoms with E-state index in [4.69, 9.17) is 14.2 Å². The molecule has 1 aliphatic heterocycles. The van der Waals surface area contributed by atoms with Crippen molar-refractivity contribution in [2.45, 2.75) is 32.6 Å². The van der Waals surface area contributed by atoms with Crippen LogP contribution in [0.1, 0.15) is 29.8 Å². The van der Waals surface area contributed by atoms with Gasteiger partial charge in [0.1, 0.15) is 18.0 Å². The van der Waals surface area contributed by atoms with E-state index >= 15 is 0 Å². The van der Waals surface area contributed by atoms with E-state index in [2.05, 4.69) is 0 Å². The Labute approximate surface area is 183 Å². The van der Waals surface area contributed by atoms with Crippen LogP contribution in [0.5, 0.6) is 11.5 Å². The van der Waals surface area contributed by atoms with E-state index in [-0.39, 0.29) is 30.5 Å².